The summed E-state index contributed by atoms with van der Waals surface area (Å²) in [6, 6.07) is 0.327. The smallest absolute Gasteiger partial charge is 0.225 e. The third-order valence-corrected chi connectivity index (χ3v) is 2.59. The van der Waals surface area contributed by atoms with Gasteiger partial charge in [0.2, 0.25) is 5.91 Å². The molecule has 4 heteroatoms. The van der Waals surface area contributed by atoms with Crippen LogP contribution in [0.25, 0.3) is 0 Å². The minimum absolute atomic E-state index is 0.138. The van der Waals surface area contributed by atoms with Crippen molar-refractivity contribution in [3.05, 3.63) is 0 Å². The van der Waals surface area contributed by atoms with E-state index in [9.17, 15) is 4.79 Å². The molecule has 0 saturated carbocycles. The fraction of sp³-hybridized carbons (Fsp3) is 0.909. The van der Waals surface area contributed by atoms with E-state index in [1.165, 1.54) is 0 Å². The summed E-state index contributed by atoms with van der Waals surface area (Å²) < 4.78 is 4.99. The van der Waals surface area contributed by atoms with Gasteiger partial charge in [0.15, 0.2) is 0 Å². The molecule has 0 aromatic heterocycles. The van der Waals surface area contributed by atoms with Crippen LogP contribution in [0.5, 0.6) is 0 Å². The van der Waals surface area contributed by atoms with Gasteiger partial charge in [0.25, 0.3) is 0 Å². The highest BCUT2D eigenvalue weighted by molar-refractivity contribution is 5.81. The van der Waals surface area contributed by atoms with Gasteiger partial charge in [-0.3, -0.25) is 9.69 Å². The maximum Gasteiger partial charge on any atom is 0.225 e. The predicted octanol–water partition coefficient (Wildman–Crippen LogP) is 0.479. The Morgan fingerprint density at radius 2 is 2.07 bits per heavy atom. The first-order valence-corrected chi connectivity index (χ1v) is 5.45. The lowest BCUT2D eigenvalue weighted by molar-refractivity contribution is -0.130. The van der Waals surface area contributed by atoms with Gasteiger partial charge >= 0.3 is 0 Å². The third-order valence-electron chi connectivity index (χ3n) is 2.59. The molecular weight excluding hydrogens is 192 g/mol. The maximum absolute atomic E-state index is 11.6. The van der Waals surface area contributed by atoms with Gasteiger partial charge in [-0.1, -0.05) is 20.8 Å². The molecule has 0 aromatic rings. The molecule has 1 fully saturated rings. The summed E-state index contributed by atoms with van der Waals surface area (Å²) in [5, 5.41) is 3.04. The van der Waals surface area contributed by atoms with E-state index in [2.05, 4.69) is 10.2 Å². The van der Waals surface area contributed by atoms with E-state index in [0.717, 1.165) is 26.2 Å². The van der Waals surface area contributed by atoms with Crippen molar-refractivity contribution in [2.24, 2.45) is 5.41 Å². The van der Waals surface area contributed by atoms with E-state index in [0.29, 0.717) is 6.04 Å². The Balaban J connectivity index is 2.15. The zero-order chi connectivity index (χ0) is 11.5. The van der Waals surface area contributed by atoms with Gasteiger partial charge in [0, 0.05) is 32.2 Å². The number of carbonyl (C=O) groups excluding carboxylic acids is 1. The summed E-state index contributed by atoms with van der Waals surface area (Å²) in [5.74, 6) is 0.138. The minimum Gasteiger partial charge on any atom is -0.383 e. The summed E-state index contributed by atoms with van der Waals surface area (Å²) in [7, 11) is 1.71. The molecule has 4 nitrogen and oxygen atoms in total. The van der Waals surface area contributed by atoms with Crippen molar-refractivity contribution in [1.29, 1.82) is 0 Å². The van der Waals surface area contributed by atoms with Gasteiger partial charge in [-0.15, -0.1) is 0 Å². The highest BCUT2D eigenvalue weighted by Crippen LogP contribution is 2.15. The van der Waals surface area contributed by atoms with Crippen LogP contribution in [0.3, 0.4) is 0 Å². The maximum atomic E-state index is 11.6. The number of nitrogens with one attached hydrogen (secondary N) is 1. The number of ether oxygens (including phenoxy) is 1. The van der Waals surface area contributed by atoms with E-state index in [1.807, 2.05) is 20.8 Å². The molecule has 0 spiro atoms. The van der Waals surface area contributed by atoms with Crippen molar-refractivity contribution in [2.45, 2.75) is 26.8 Å². The molecule has 15 heavy (non-hydrogen) atoms. The molecule has 0 unspecified atom stereocenters. The van der Waals surface area contributed by atoms with Crippen LogP contribution in [0.15, 0.2) is 0 Å². The van der Waals surface area contributed by atoms with E-state index < -0.39 is 0 Å². The summed E-state index contributed by atoms with van der Waals surface area (Å²) in [4.78, 5) is 13.9. The number of hydrogen-bond acceptors (Lipinski definition) is 3. The molecule has 1 aliphatic rings. The summed E-state index contributed by atoms with van der Waals surface area (Å²) in [6.07, 6.45) is 0. The van der Waals surface area contributed by atoms with Gasteiger partial charge in [-0.25, -0.2) is 0 Å². The summed E-state index contributed by atoms with van der Waals surface area (Å²) >= 11 is 0. The average molecular weight is 214 g/mol. The molecule has 88 valence electrons. The Kier molecular flexibility index (Phi) is 4.11. The molecule has 1 heterocycles. The molecule has 1 N–H and O–H groups in total. The second-order valence-electron chi connectivity index (χ2n) is 5.17. The van der Waals surface area contributed by atoms with Crippen molar-refractivity contribution >= 4 is 5.91 Å². The first-order chi connectivity index (χ1) is 6.93. The standard InChI is InChI=1S/C11H22N2O2/c1-11(2,3)10(14)12-9-7-13(8-9)5-6-15-4/h9H,5-8H2,1-4H3,(H,12,14). The second-order valence-corrected chi connectivity index (χ2v) is 5.17. The molecule has 0 atom stereocenters. The van der Waals surface area contributed by atoms with Crippen LogP contribution >= 0.6 is 0 Å². The average Bonchev–Trinajstić information content (AvgIpc) is 2.06. The van der Waals surface area contributed by atoms with Crippen LogP contribution < -0.4 is 5.32 Å². The Labute approximate surface area is 92.0 Å². The SMILES string of the molecule is COCCN1CC(NC(=O)C(C)(C)C)C1. The largest absolute Gasteiger partial charge is 0.383 e. The lowest BCUT2D eigenvalue weighted by Gasteiger charge is -2.40. The predicted molar refractivity (Wildman–Crippen MR) is 59.7 cm³/mol. The number of hydrogen-bond donors (Lipinski definition) is 1. The van der Waals surface area contributed by atoms with Crippen molar-refractivity contribution in [1.82, 2.24) is 10.2 Å². The zero-order valence-corrected chi connectivity index (χ0v) is 10.2. The second kappa shape index (κ2) is 4.94. The first kappa shape index (κ1) is 12.5. The Morgan fingerprint density at radius 3 is 2.53 bits per heavy atom. The molecule has 1 amide bonds. The number of likely N-dealkylation sites (tertiary alicyclic amines) is 1. The summed E-state index contributed by atoms with van der Waals surface area (Å²) in [5.41, 5.74) is -0.285. The molecular formula is C11H22N2O2. The first-order valence-electron chi connectivity index (χ1n) is 5.45. The van der Waals surface area contributed by atoms with Gasteiger partial charge in [-0.2, -0.15) is 0 Å². The van der Waals surface area contributed by atoms with Gasteiger partial charge in [0.05, 0.1) is 12.6 Å². The molecule has 1 aliphatic heterocycles. The van der Waals surface area contributed by atoms with E-state index in [4.69, 9.17) is 4.74 Å². The normalized spacial score (nSPS) is 18.7. The zero-order valence-electron chi connectivity index (χ0n) is 10.2. The Morgan fingerprint density at radius 1 is 1.47 bits per heavy atom. The Bertz CT molecular complexity index is 217. The van der Waals surface area contributed by atoms with E-state index >= 15 is 0 Å². The number of rotatable bonds is 4. The van der Waals surface area contributed by atoms with Crippen molar-refractivity contribution in [3.8, 4) is 0 Å². The quantitative estimate of drug-likeness (QED) is 0.740. The van der Waals surface area contributed by atoms with Crippen LogP contribution in [-0.2, 0) is 9.53 Å². The van der Waals surface area contributed by atoms with Crippen LogP contribution in [-0.4, -0.2) is 50.2 Å². The number of amides is 1. The Hall–Kier alpha value is -0.610. The molecule has 0 bridgehead atoms. The molecule has 1 rings (SSSR count). The molecule has 0 aromatic carbocycles. The van der Waals surface area contributed by atoms with Crippen molar-refractivity contribution in [3.63, 3.8) is 0 Å². The molecule has 1 saturated heterocycles. The molecule has 0 radical (unpaired) electrons. The monoisotopic (exact) mass is 214 g/mol. The van der Waals surface area contributed by atoms with Gasteiger partial charge in [-0.05, 0) is 0 Å². The van der Waals surface area contributed by atoms with Crippen LogP contribution in [0, 0.1) is 5.41 Å². The number of carbonyl (C=O) groups is 1. The van der Waals surface area contributed by atoms with E-state index in [-0.39, 0.29) is 11.3 Å². The van der Waals surface area contributed by atoms with Crippen molar-refractivity contribution in [2.75, 3.05) is 33.4 Å². The lowest BCUT2D eigenvalue weighted by atomic mass is 9.94. The third kappa shape index (κ3) is 3.80. The minimum atomic E-state index is -0.285. The lowest BCUT2D eigenvalue weighted by Crippen LogP contribution is -2.61. The van der Waals surface area contributed by atoms with E-state index in [1.54, 1.807) is 7.11 Å². The number of methoxy groups -OCH3 is 1. The highest BCUT2D eigenvalue weighted by Gasteiger charge is 2.30. The fourth-order valence-electron chi connectivity index (χ4n) is 1.47. The number of nitrogens with zero attached hydrogens (tertiary/aromatic N) is 1. The fourth-order valence-corrected chi connectivity index (χ4v) is 1.47. The van der Waals surface area contributed by atoms with Gasteiger partial charge in [0.1, 0.15) is 0 Å². The van der Waals surface area contributed by atoms with Crippen LogP contribution in [0.1, 0.15) is 20.8 Å². The van der Waals surface area contributed by atoms with Crippen molar-refractivity contribution < 1.29 is 9.53 Å². The topological polar surface area (TPSA) is 41.6 Å². The summed E-state index contributed by atoms with van der Waals surface area (Å²) in [6.45, 7) is 9.42. The van der Waals surface area contributed by atoms with Crippen LogP contribution in [0.4, 0.5) is 0 Å². The van der Waals surface area contributed by atoms with Crippen LogP contribution in [0.2, 0.25) is 0 Å². The molecule has 0 aliphatic carbocycles. The van der Waals surface area contributed by atoms with Gasteiger partial charge < -0.3 is 10.1 Å². The highest BCUT2D eigenvalue weighted by atomic mass is 16.5.